The molecule has 4 N–H and O–H groups in total. The van der Waals surface area contributed by atoms with Gasteiger partial charge in [0.2, 0.25) is 11.9 Å². The lowest BCUT2D eigenvalue weighted by molar-refractivity contribution is 0.0997. The number of fused-ring (bicyclic) bond motifs is 1. The first-order chi connectivity index (χ1) is 19.6. The highest BCUT2D eigenvalue weighted by molar-refractivity contribution is 9.10. The quantitative estimate of drug-likeness (QED) is 0.186. The number of benzene rings is 3. The number of carbonyl (C=O) groups excluding carboxylic acids is 2. The number of imidazole rings is 1. The Balaban J connectivity index is 0.000000736. The molecule has 222 valence electrons. The van der Waals surface area contributed by atoms with E-state index in [9.17, 15) is 9.59 Å². The van der Waals surface area contributed by atoms with Crippen LogP contribution in [-0.4, -0.2) is 21.4 Å². The van der Waals surface area contributed by atoms with Crippen molar-refractivity contribution in [3.05, 3.63) is 81.3 Å². The molecular weight excluding hydrogens is 602 g/mol. The van der Waals surface area contributed by atoms with Crippen LogP contribution in [0.2, 0.25) is 5.02 Å². The molecule has 0 atom stereocenters. The number of rotatable bonds is 7. The summed E-state index contributed by atoms with van der Waals surface area (Å²) in [4.78, 5) is 28.5. The van der Waals surface area contributed by atoms with Gasteiger partial charge in [-0.1, -0.05) is 94.8 Å². The van der Waals surface area contributed by atoms with Gasteiger partial charge in [-0.25, -0.2) is 4.98 Å². The third kappa shape index (κ3) is 11.2. The fourth-order valence-corrected chi connectivity index (χ4v) is 3.93. The summed E-state index contributed by atoms with van der Waals surface area (Å²) < 4.78 is 2.79. The molecule has 0 spiro atoms. The van der Waals surface area contributed by atoms with E-state index in [1.54, 1.807) is 24.3 Å². The molecule has 4 rings (SSSR count). The van der Waals surface area contributed by atoms with Crippen LogP contribution in [0.4, 0.5) is 17.3 Å². The SMILES string of the molecule is CC.CCC.CCCCC.Cn1c(Nc2ccc(C(N)=O)cc2Cl)nc2cc(C(=O)Nc3ccc(Br)cc3)ccc21. The molecule has 1 heterocycles. The zero-order chi connectivity index (χ0) is 30.9. The number of carbonyl (C=O) groups is 2. The number of hydrogen-bond donors (Lipinski definition) is 3. The van der Waals surface area contributed by atoms with Gasteiger partial charge in [-0.15, -0.1) is 0 Å². The molecule has 4 aromatic rings. The Bertz CT molecular complexity index is 1390. The molecule has 0 unspecified atom stereocenters. The number of nitrogens with two attached hydrogens (primary N) is 1. The first kappa shape index (κ1) is 35.7. The van der Waals surface area contributed by atoms with E-state index in [1.165, 1.54) is 31.7 Å². The summed E-state index contributed by atoms with van der Waals surface area (Å²) >= 11 is 9.64. The van der Waals surface area contributed by atoms with Crippen molar-refractivity contribution in [3.8, 4) is 0 Å². The fourth-order valence-electron chi connectivity index (χ4n) is 3.43. The van der Waals surface area contributed by atoms with Gasteiger partial charge in [0.05, 0.1) is 21.7 Å². The van der Waals surface area contributed by atoms with E-state index in [0.717, 1.165) is 9.99 Å². The fraction of sp³-hybridized carbons (Fsp3) is 0.344. The van der Waals surface area contributed by atoms with Crippen molar-refractivity contribution in [3.63, 3.8) is 0 Å². The molecule has 0 radical (unpaired) electrons. The summed E-state index contributed by atoms with van der Waals surface area (Å²) in [5.74, 6) is -0.242. The van der Waals surface area contributed by atoms with Gasteiger partial charge in [-0.05, 0) is 60.7 Å². The number of hydrogen-bond acceptors (Lipinski definition) is 4. The Hall–Kier alpha value is -3.36. The minimum atomic E-state index is -0.551. The summed E-state index contributed by atoms with van der Waals surface area (Å²) in [5, 5.41) is 6.37. The lowest BCUT2D eigenvalue weighted by atomic mass is 10.2. The molecule has 0 aliphatic rings. The Morgan fingerprint density at radius 1 is 0.927 bits per heavy atom. The van der Waals surface area contributed by atoms with Crippen LogP contribution >= 0.6 is 27.5 Å². The summed E-state index contributed by atoms with van der Waals surface area (Å²) in [7, 11) is 1.85. The van der Waals surface area contributed by atoms with Crippen molar-refractivity contribution in [1.29, 1.82) is 0 Å². The van der Waals surface area contributed by atoms with Gasteiger partial charge < -0.3 is 20.9 Å². The molecule has 0 saturated heterocycles. The van der Waals surface area contributed by atoms with Crippen molar-refractivity contribution in [2.24, 2.45) is 12.8 Å². The van der Waals surface area contributed by atoms with Crippen LogP contribution in [0.3, 0.4) is 0 Å². The summed E-state index contributed by atoms with van der Waals surface area (Å²) in [6.45, 7) is 12.7. The Morgan fingerprint density at radius 2 is 1.51 bits per heavy atom. The van der Waals surface area contributed by atoms with E-state index in [4.69, 9.17) is 17.3 Å². The second-order valence-electron chi connectivity index (χ2n) is 8.90. The maximum Gasteiger partial charge on any atom is 0.255 e. The van der Waals surface area contributed by atoms with E-state index in [1.807, 2.05) is 55.8 Å². The van der Waals surface area contributed by atoms with E-state index < -0.39 is 5.91 Å². The van der Waals surface area contributed by atoms with Gasteiger partial charge in [0.25, 0.3) is 5.91 Å². The molecule has 2 amide bonds. The molecule has 7 nitrogen and oxygen atoms in total. The molecule has 1 aromatic heterocycles. The highest BCUT2D eigenvalue weighted by atomic mass is 79.9. The van der Waals surface area contributed by atoms with E-state index in [2.05, 4.69) is 59.2 Å². The molecule has 0 bridgehead atoms. The number of primary amides is 1. The monoisotopic (exact) mass is 643 g/mol. The standard InChI is InChI=1S/C22H17BrClN5O2.C5H12.C3H8.C2H6/c1-29-19-9-3-13(21(31)26-15-6-4-14(23)5-7-15)11-18(19)28-22(29)27-17-8-2-12(20(25)30)10-16(17)24;1-3-5-4-2;1-3-2;1-2/h2-11H,1H3,(H2,25,30)(H,26,31)(H,27,28);3-5H2,1-2H3;3H2,1-2H3;1-2H3. The first-order valence-corrected chi connectivity index (χ1v) is 15.2. The molecule has 41 heavy (non-hydrogen) atoms. The smallest absolute Gasteiger partial charge is 0.255 e. The van der Waals surface area contributed by atoms with E-state index in [-0.39, 0.29) is 5.91 Å². The minimum absolute atomic E-state index is 0.227. The van der Waals surface area contributed by atoms with Gasteiger partial charge >= 0.3 is 0 Å². The molecule has 0 saturated carbocycles. The van der Waals surface area contributed by atoms with Gasteiger partial charge in [0, 0.05) is 28.3 Å². The van der Waals surface area contributed by atoms with Crippen molar-refractivity contribution >= 4 is 67.7 Å². The largest absolute Gasteiger partial charge is 0.366 e. The summed E-state index contributed by atoms with van der Waals surface area (Å²) in [6.07, 6.45) is 5.33. The lowest BCUT2D eigenvalue weighted by Crippen LogP contribution is -2.11. The molecule has 0 aliphatic carbocycles. The van der Waals surface area contributed by atoms with Crippen molar-refractivity contribution < 1.29 is 9.59 Å². The third-order valence-corrected chi connectivity index (χ3v) is 6.29. The normalized spacial score (nSPS) is 9.78. The number of nitrogens with one attached hydrogen (secondary N) is 2. The number of aryl methyl sites for hydroxylation is 1. The Kier molecular flexibility index (Phi) is 16.4. The topological polar surface area (TPSA) is 102 Å². The van der Waals surface area contributed by atoms with Crippen LogP contribution in [0.5, 0.6) is 0 Å². The van der Waals surface area contributed by atoms with Crippen molar-refractivity contribution in [2.45, 2.75) is 67.2 Å². The third-order valence-electron chi connectivity index (χ3n) is 5.45. The lowest BCUT2D eigenvalue weighted by Gasteiger charge is -2.09. The highest BCUT2D eigenvalue weighted by Crippen LogP contribution is 2.28. The molecule has 0 fully saturated rings. The number of aromatic nitrogens is 2. The molecular formula is C32H43BrClN5O2. The molecule has 0 aliphatic heterocycles. The van der Waals surface area contributed by atoms with Crippen LogP contribution in [0, 0.1) is 0 Å². The number of anilines is 3. The van der Waals surface area contributed by atoms with Crippen molar-refractivity contribution in [2.75, 3.05) is 10.6 Å². The second-order valence-corrected chi connectivity index (χ2v) is 10.2. The minimum Gasteiger partial charge on any atom is -0.366 e. The predicted molar refractivity (Wildman–Crippen MR) is 179 cm³/mol. The first-order valence-electron chi connectivity index (χ1n) is 14.0. The molecule has 3 aromatic carbocycles. The maximum absolute atomic E-state index is 12.6. The highest BCUT2D eigenvalue weighted by Gasteiger charge is 2.14. The van der Waals surface area contributed by atoms with E-state index >= 15 is 0 Å². The summed E-state index contributed by atoms with van der Waals surface area (Å²) in [5.41, 5.74) is 8.87. The predicted octanol–water partition coefficient (Wildman–Crippen LogP) is 9.72. The Morgan fingerprint density at radius 3 is 2.02 bits per heavy atom. The van der Waals surface area contributed by atoms with Gasteiger partial charge in [-0.2, -0.15) is 0 Å². The van der Waals surface area contributed by atoms with Crippen LogP contribution in [-0.2, 0) is 7.05 Å². The van der Waals surface area contributed by atoms with Gasteiger partial charge in [0.1, 0.15) is 0 Å². The average molecular weight is 645 g/mol. The summed E-state index contributed by atoms with van der Waals surface area (Å²) in [6, 6.07) is 17.4. The van der Waals surface area contributed by atoms with Crippen LogP contribution in [0.25, 0.3) is 11.0 Å². The molecule has 9 heteroatoms. The number of amides is 2. The number of halogens is 2. The average Bonchev–Trinajstić information content (AvgIpc) is 3.27. The Labute approximate surface area is 258 Å². The number of unbranched alkanes of at least 4 members (excludes halogenated alkanes) is 2. The zero-order valence-corrected chi connectivity index (χ0v) is 27.5. The van der Waals surface area contributed by atoms with Crippen LogP contribution < -0.4 is 16.4 Å². The number of nitrogens with zero attached hydrogens (tertiary/aromatic N) is 2. The van der Waals surface area contributed by atoms with Gasteiger partial charge in [-0.3, -0.25) is 9.59 Å². The second kappa shape index (κ2) is 18.9. The van der Waals surface area contributed by atoms with Crippen LogP contribution in [0.1, 0.15) is 87.9 Å². The maximum atomic E-state index is 12.6. The zero-order valence-electron chi connectivity index (χ0n) is 25.1. The van der Waals surface area contributed by atoms with Gasteiger partial charge in [0.15, 0.2) is 0 Å². The van der Waals surface area contributed by atoms with Crippen molar-refractivity contribution in [1.82, 2.24) is 9.55 Å². The van der Waals surface area contributed by atoms with Crippen LogP contribution in [0.15, 0.2) is 65.1 Å². The van der Waals surface area contributed by atoms with E-state index in [0.29, 0.717) is 39.0 Å².